The lowest BCUT2D eigenvalue weighted by molar-refractivity contribution is -0.140. The molecule has 0 radical (unpaired) electrons. The lowest BCUT2D eigenvalue weighted by Gasteiger charge is -2.31. The first-order valence-electron chi connectivity index (χ1n) is 11.7. The third kappa shape index (κ3) is 8.05. The number of hydrogen-bond acceptors (Lipinski definition) is 5. The van der Waals surface area contributed by atoms with Crippen molar-refractivity contribution in [3.63, 3.8) is 0 Å². The number of hydrogen-bond donors (Lipinski definition) is 2. The Labute approximate surface area is 210 Å². The summed E-state index contributed by atoms with van der Waals surface area (Å²) in [6.45, 7) is 3.57. The minimum atomic E-state index is -0.841. The molecule has 8 heteroatoms. The number of thiophene rings is 1. The molecule has 0 spiro atoms. The predicted molar refractivity (Wildman–Crippen MR) is 137 cm³/mol. The fourth-order valence-corrected chi connectivity index (χ4v) is 4.28. The monoisotopic (exact) mass is 493 g/mol. The lowest BCUT2D eigenvalue weighted by atomic mass is 10.0. The van der Waals surface area contributed by atoms with Gasteiger partial charge in [-0.25, -0.2) is 0 Å². The highest BCUT2D eigenvalue weighted by molar-refractivity contribution is 7.09. The topological polar surface area (TPSA) is 87.7 Å². The summed E-state index contributed by atoms with van der Waals surface area (Å²) in [7, 11) is 0. The summed E-state index contributed by atoms with van der Waals surface area (Å²) in [6.07, 6.45) is 0.674. The zero-order valence-electron chi connectivity index (χ0n) is 19.8. The van der Waals surface area contributed by atoms with Crippen LogP contribution in [-0.4, -0.2) is 48.9 Å². The number of carbonyl (C=O) groups is 3. The van der Waals surface area contributed by atoms with Gasteiger partial charge < -0.3 is 20.3 Å². The van der Waals surface area contributed by atoms with Gasteiger partial charge in [-0.3, -0.25) is 14.4 Å². The van der Waals surface area contributed by atoms with Gasteiger partial charge in [-0.05, 0) is 42.5 Å². The van der Waals surface area contributed by atoms with Crippen LogP contribution in [0.1, 0.15) is 40.2 Å². The van der Waals surface area contributed by atoms with E-state index in [1.165, 1.54) is 16.2 Å². The van der Waals surface area contributed by atoms with Crippen LogP contribution in [-0.2, 0) is 20.9 Å². The third-order valence-corrected chi connectivity index (χ3v) is 6.17. The summed E-state index contributed by atoms with van der Waals surface area (Å²) >= 11 is 1.51. The molecule has 1 heterocycles. The SMILES string of the molecule is CCOCCCNC(=O)[C@H](c1ccccc1)N(Cc1cccs1)C(=O)CNC(=O)c1ccccc1. The number of amides is 3. The number of nitrogens with zero attached hydrogens (tertiary/aromatic N) is 1. The van der Waals surface area contributed by atoms with Crippen LogP contribution in [0, 0.1) is 0 Å². The largest absolute Gasteiger partial charge is 0.382 e. The van der Waals surface area contributed by atoms with Gasteiger partial charge in [0.25, 0.3) is 5.91 Å². The summed E-state index contributed by atoms with van der Waals surface area (Å²) in [4.78, 5) is 41.8. The van der Waals surface area contributed by atoms with Crippen LogP contribution in [0.5, 0.6) is 0 Å². The lowest BCUT2D eigenvalue weighted by Crippen LogP contribution is -2.47. The van der Waals surface area contributed by atoms with E-state index in [-0.39, 0.29) is 30.8 Å². The maximum Gasteiger partial charge on any atom is 0.251 e. The molecule has 2 aromatic carbocycles. The van der Waals surface area contributed by atoms with Gasteiger partial charge in [-0.15, -0.1) is 11.3 Å². The quantitative estimate of drug-likeness (QED) is 0.355. The minimum absolute atomic E-state index is 0.222. The zero-order valence-corrected chi connectivity index (χ0v) is 20.6. The zero-order chi connectivity index (χ0) is 24.9. The van der Waals surface area contributed by atoms with Gasteiger partial charge in [0.2, 0.25) is 11.8 Å². The number of nitrogens with one attached hydrogen (secondary N) is 2. The smallest absolute Gasteiger partial charge is 0.251 e. The molecule has 2 N–H and O–H groups in total. The average molecular weight is 494 g/mol. The second-order valence-corrected chi connectivity index (χ2v) is 8.84. The maximum atomic E-state index is 13.5. The van der Waals surface area contributed by atoms with Crippen molar-refractivity contribution in [3.05, 3.63) is 94.2 Å². The molecule has 0 aliphatic carbocycles. The summed E-state index contributed by atoms with van der Waals surface area (Å²) in [5.41, 5.74) is 1.17. The molecule has 0 aliphatic rings. The Morgan fingerprint density at radius 2 is 1.66 bits per heavy atom. The molecule has 0 bridgehead atoms. The van der Waals surface area contributed by atoms with E-state index in [9.17, 15) is 14.4 Å². The van der Waals surface area contributed by atoms with Gasteiger partial charge >= 0.3 is 0 Å². The van der Waals surface area contributed by atoms with Gasteiger partial charge in [0.05, 0.1) is 13.1 Å². The molecular weight excluding hydrogens is 462 g/mol. The number of rotatable bonds is 13. The number of carbonyl (C=O) groups excluding carboxylic acids is 3. The highest BCUT2D eigenvalue weighted by atomic mass is 32.1. The Kier molecular flexibility index (Phi) is 10.5. The molecule has 184 valence electrons. The molecule has 7 nitrogen and oxygen atoms in total. The standard InChI is InChI=1S/C27H31N3O4S/c1-2-34-17-10-16-28-27(33)25(21-11-5-3-6-12-21)30(20-23-15-9-18-35-23)24(31)19-29-26(32)22-13-7-4-8-14-22/h3-9,11-15,18,25H,2,10,16-17,19-20H2,1H3,(H,28,33)(H,29,32)/t25-/m0/s1. The Balaban J connectivity index is 1.80. The van der Waals surface area contributed by atoms with Crippen LogP contribution < -0.4 is 10.6 Å². The molecule has 3 aromatic rings. The van der Waals surface area contributed by atoms with E-state index in [2.05, 4.69) is 10.6 Å². The Hall–Kier alpha value is -3.49. The van der Waals surface area contributed by atoms with Crippen molar-refractivity contribution in [2.75, 3.05) is 26.3 Å². The van der Waals surface area contributed by atoms with Gasteiger partial charge in [0.1, 0.15) is 6.04 Å². The van der Waals surface area contributed by atoms with Crippen molar-refractivity contribution in [3.8, 4) is 0 Å². The maximum absolute atomic E-state index is 13.5. The van der Waals surface area contributed by atoms with Gasteiger partial charge in [0, 0.05) is 30.2 Å². The number of ether oxygens (including phenoxy) is 1. The van der Waals surface area contributed by atoms with Crippen LogP contribution in [0.25, 0.3) is 0 Å². The van der Waals surface area contributed by atoms with Crippen molar-refractivity contribution in [1.82, 2.24) is 15.5 Å². The normalized spacial score (nSPS) is 11.5. The van der Waals surface area contributed by atoms with E-state index >= 15 is 0 Å². The van der Waals surface area contributed by atoms with Crippen molar-refractivity contribution in [2.24, 2.45) is 0 Å². The predicted octanol–water partition coefficient (Wildman–Crippen LogP) is 3.79. The van der Waals surface area contributed by atoms with E-state index in [4.69, 9.17) is 4.74 Å². The van der Waals surface area contributed by atoms with Crippen LogP contribution in [0.4, 0.5) is 0 Å². The molecule has 0 aliphatic heterocycles. The molecular formula is C27H31N3O4S. The van der Waals surface area contributed by atoms with Crippen LogP contribution in [0.15, 0.2) is 78.2 Å². The fraction of sp³-hybridized carbons (Fsp3) is 0.296. The van der Waals surface area contributed by atoms with Crippen molar-refractivity contribution in [2.45, 2.75) is 25.9 Å². The van der Waals surface area contributed by atoms with Gasteiger partial charge in [-0.2, -0.15) is 0 Å². The molecule has 3 amide bonds. The van der Waals surface area contributed by atoms with Crippen LogP contribution in [0.2, 0.25) is 0 Å². The van der Waals surface area contributed by atoms with E-state index in [0.29, 0.717) is 37.3 Å². The van der Waals surface area contributed by atoms with E-state index < -0.39 is 6.04 Å². The second kappa shape index (κ2) is 14.0. The first kappa shape index (κ1) is 26.1. The summed E-state index contributed by atoms with van der Waals surface area (Å²) in [6, 6.07) is 20.9. The highest BCUT2D eigenvalue weighted by Crippen LogP contribution is 2.25. The Bertz CT molecular complexity index is 1060. The first-order chi connectivity index (χ1) is 17.1. The van der Waals surface area contributed by atoms with Crippen molar-refractivity contribution >= 4 is 29.1 Å². The second-order valence-electron chi connectivity index (χ2n) is 7.80. The average Bonchev–Trinajstić information content (AvgIpc) is 3.41. The minimum Gasteiger partial charge on any atom is -0.382 e. The van der Waals surface area contributed by atoms with Gasteiger partial charge in [0.15, 0.2) is 0 Å². The molecule has 1 aromatic heterocycles. The van der Waals surface area contributed by atoms with Crippen molar-refractivity contribution < 1.29 is 19.1 Å². The van der Waals surface area contributed by atoms with Crippen LogP contribution >= 0.6 is 11.3 Å². The molecule has 0 saturated carbocycles. The molecule has 35 heavy (non-hydrogen) atoms. The van der Waals surface area contributed by atoms with Crippen molar-refractivity contribution in [1.29, 1.82) is 0 Å². The summed E-state index contributed by atoms with van der Waals surface area (Å²) < 4.78 is 5.35. The molecule has 0 saturated heterocycles. The molecule has 1 atom stereocenters. The highest BCUT2D eigenvalue weighted by Gasteiger charge is 2.31. The first-order valence-corrected chi connectivity index (χ1v) is 12.5. The molecule has 0 fully saturated rings. The Morgan fingerprint density at radius 1 is 0.943 bits per heavy atom. The summed E-state index contributed by atoms with van der Waals surface area (Å²) in [5.74, 6) is -0.959. The van der Waals surface area contributed by atoms with E-state index in [1.807, 2.05) is 60.8 Å². The van der Waals surface area contributed by atoms with E-state index in [1.54, 1.807) is 24.3 Å². The third-order valence-electron chi connectivity index (χ3n) is 5.31. The molecule has 3 rings (SSSR count). The Morgan fingerprint density at radius 3 is 2.31 bits per heavy atom. The van der Waals surface area contributed by atoms with E-state index in [0.717, 1.165) is 4.88 Å². The van der Waals surface area contributed by atoms with Gasteiger partial charge in [-0.1, -0.05) is 54.6 Å². The molecule has 0 unspecified atom stereocenters. The number of benzene rings is 2. The van der Waals surface area contributed by atoms with Crippen LogP contribution in [0.3, 0.4) is 0 Å². The fourth-order valence-electron chi connectivity index (χ4n) is 3.58. The summed E-state index contributed by atoms with van der Waals surface area (Å²) in [5, 5.41) is 7.58.